The lowest BCUT2D eigenvalue weighted by molar-refractivity contribution is -0.129. The molecular formula is C17H23NO5. The van der Waals surface area contributed by atoms with Crippen LogP contribution < -0.4 is 14.8 Å². The summed E-state index contributed by atoms with van der Waals surface area (Å²) >= 11 is 0. The molecule has 6 heteroatoms. The summed E-state index contributed by atoms with van der Waals surface area (Å²) in [6, 6.07) is 5.18. The zero-order valence-electron chi connectivity index (χ0n) is 13.8. The molecule has 0 unspecified atom stereocenters. The molecular weight excluding hydrogens is 298 g/mol. The smallest absolute Gasteiger partial charge is 0.346 e. The van der Waals surface area contributed by atoms with E-state index >= 15 is 0 Å². The molecule has 6 nitrogen and oxygen atoms in total. The number of benzene rings is 1. The first-order valence-corrected chi connectivity index (χ1v) is 7.79. The lowest BCUT2D eigenvalue weighted by atomic mass is 10.1. The third-order valence-corrected chi connectivity index (χ3v) is 3.99. The Kier molecular flexibility index (Phi) is 5.84. The second kappa shape index (κ2) is 7.85. The maximum Gasteiger partial charge on any atom is 0.346 e. The summed E-state index contributed by atoms with van der Waals surface area (Å²) in [5.74, 6) is -0.233. The molecule has 1 aromatic rings. The predicted octanol–water partition coefficient (Wildman–Crippen LogP) is 2.31. The molecule has 1 aromatic carbocycles. The maximum atomic E-state index is 12.4. The Morgan fingerprint density at radius 3 is 2.22 bits per heavy atom. The Morgan fingerprint density at radius 1 is 1.13 bits per heavy atom. The zero-order chi connectivity index (χ0) is 16.8. The van der Waals surface area contributed by atoms with E-state index in [1.54, 1.807) is 25.1 Å². The molecule has 1 fully saturated rings. The number of hydrogen-bond acceptors (Lipinski definition) is 5. The minimum absolute atomic E-state index is 0.179. The summed E-state index contributed by atoms with van der Waals surface area (Å²) in [6.07, 6.45) is 3.33. The molecule has 1 aliphatic carbocycles. The number of carbonyl (C=O) groups is 2. The highest BCUT2D eigenvalue weighted by atomic mass is 16.6. The van der Waals surface area contributed by atoms with Crippen molar-refractivity contribution in [3.8, 4) is 11.5 Å². The van der Waals surface area contributed by atoms with Crippen molar-refractivity contribution < 1.29 is 23.8 Å². The number of rotatable bonds is 6. The van der Waals surface area contributed by atoms with Crippen LogP contribution in [0.2, 0.25) is 0 Å². The number of amides is 1. The molecule has 1 N–H and O–H groups in total. The molecule has 0 spiro atoms. The van der Waals surface area contributed by atoms with E-state index in [1.807, 2.05) is 0 Å². The molecule has 1 atom stereocenters. The Hall–Kier alpha value is -2.24. The van der Waals surface area contributed by atoms with Gasteiger partial charge in [0.15, 0.2) is 6.10 Å². The number of ether oxygens (including phenoxy) is 3. The van der Waals surface area contributed by atoms with Crippen molar-refractivity contribution in [2.75, 3.05) is 14.2 Å². The lowest BCUT2D eigenvalue weighted by Crippen LogP contribution is -2.40. The number of esters is 1. The van der Waals surface area contributed by atoms with Crippen molar-refractivity contribution in [2.45, 2.75) is 44.8 Å². The summed E-state index contributed by atoms with van der Waals surface area (Å²) in [6.45, 7) is 1.56. The van der Waals surface area contributed by atoms with Gasteiger partial charge in [0.05, 0.1) is 14.2 Å². The fraction of sp³-hybridized carbons (Fsp3) is 0.529. The quantitative estimate of drug-likeness (QED) is 0.814. The highest BCUT2D eigenvalue weighted by molar-refractivity contribution is 5.97. The molecule has 0 aromatic heterocycles. The Labute approximate surface area is 136 Å². The first-order chi connectivity index (χ1) is 11.1. The molecule has 1 amide bonds. The molecule has 0 radical (unpaired) electrons. The largest absolute Gasteiger partial charge is 0.496 e. The van der Waals surface area contributed by atoms with Crippen molar-refractivity contribution in [2.24, 2.45) is 0 Å². The lowest BCUT2D eigenvalue weighted by Gasteiger charge is -2.18. The van der Waals surface area contributed by atoms with Gasteiger partial charge < -0.3 is 19.5 Å². The van der Waals surface area contributed by atoms with E-state index in [2.05, 4.69) is 5.32 Å². The predicted molar refractivity (Wildman–Crippen MR) is 84.8 cm³/mol. The van der Waals surface area contributed by atoms with Crippen molar-refractivity contribution in [3.05, 3.63) is 23.8 Å². The van der Waals surface area contributed by atoms with Gasteiger partial charge in [-0.25, -0.2) is 4.79 Å². The zero-order valence-corrected chi connectivity index (χ0v) is 13.8. The monoisotopic (exact) mass is 321 g/mol. The van der Waals surface area contributed by atoms with Gasteiger partial charge in [-0.2, -0.15) is 0 Å². The van der Waals surface area contributed by atoms with Crippen LogP contribution in [0.1, 0.15) is 43.0 Å². The van der Waals surface area contributed by atoms with Crippen LogP contribution in [-0.4, -0.2) is 38.2 Å². The van der Waals surface area contributed by atoms with Gasteiger partial charge in [-0.05, 0) is 31.9 Å². The van der Waals surface area contributed by atoms with E-state index in [0.717, 1.165) is 25.7 Å². The van der Waals surface area contributed by atoms with Gasteiger partial charge in [0.1, 0.15) is 17.1 Å². The highest BCUT2D eigenvalue weighted by Gasteiger charge is 2.26. The summed E-state index contributed by atoms with van der Waals surface area (Å²) in [5.41, 5.74) is 0.179. The van der Waals surface area contributed by atoms with E-state index in [1.165, 1.54) is 14.2 Å². The van der Waals surface area contributed by atoms with Crippen molar-refractivity contribution in [1.29, 1.82) is 0 Å². The summed E-state index contributed by atoms with van der Waals surface area (Å²) < 4.78 is 15.6. The normalized spacial score (nSPS) is 15.8. The average Bonchev–Trinajstić information content (AvgIpc) is 3.06. The fourth-order valence-corrected chi connectivity index (χ4v) is 2.71. The van der Waals surface area contributed by atoms with Crippen LogP contribution in [0.25, 0.3) is 0 Å². The van der Waals surface area contributed by atoms with E-state index in [-0.39, 0.29) is 17.5 Å². The van der Waals surface area contributed by atoms with Crippen LogP contribution >= 0.6 is 0 Å². The van der Waals surface area contributed by atoms with Gasteiger partial charge in [-0.1, -0.05) is 18.9 Å². The topological polar surface area (TPSA) is 73.9 Å². The van der Waals surface area contributed by atoms with Crippen LogP contribution in [0.15, 0.2) is 18.2 Å². The van der Waals surface area contributed by atoms with Crippen LogP contribution in [0.3, 0.4) is 0 Å². The Balaban J connectivity index is 2.04. The first-order valence-electron chi connectivity index (χ1n) is 7.79. The Bertz CT molecular complexity index is 544. The fourth-order valence-electron chi connectivity index (χ4n) is 2.71. The minimum atomic E-state index is -0.877. The van der Waals surface area contributed by atoms with E-state index < -0.39 is 12.1 Å². The number of nitrogens with one attached hydrogen (secondary N) is 1. The molecule has 1 aliphatic rings. The van der Waals surface area contributed by atoms with Crippen molar-refractivity contribution in [3.63, 3.8) is 0 Å². The molecule has 1 saturated carbocycles. The number of carbonyl (C=O) groups excluding carboxylic acids is 2. The summed E-state index contributed by atoms with van der Waals surface area (Å²) in [4.78, 5) is 24.5. The molecule has 2 rings (SSSR count). The molecule has 23 heavy (non-hydrogen) atoms. The van der Waals surface area contributed by atoms with Crippen molar-refractivity contribution in [1.82, 2.24) is 5.32 Å². The van der Waals surface area contributed by atoms with Crippen LogP contribution in [0.4, 0.5) is 0 Å². The molecule has 0 heterocycles. The maximum absolute atomic E-state index is 12.4. The van der Waals surface area contributed by atoms with Gasteiger partial charge in [-0.3, -0.25) is 4.79 Å². The van der Waals surface area contributed by atoms with Gasteiger partial charge >= 0.3 is 5.97 Å². The summed E-state index contributed by atoms with van der Waals surface area (Å²) in [5, 5.41) is 2.91. The first kappa shape index (κ1) is 17.1. The van der Waals surface area contributed by atoms with E-state index in [4.69, 9.17) is 14.2 Å². The molecule has 0 bridgehead atoms. The summed E-state index contributed by atoms with van der Waals surface area (Å²) in [7, 11) is 2.92. The second-order valence-electron chi connectivity index (χ2n) is 5.58. The van der Waals surface area contributed by atoms with E-state index in [0.29, 0.717) is 11.5 Å². The van der Waals surface area contributed by atoms with Crippen LogP contribution in [0, 0.1) is 0 Å². The van der Waals surface area contributed by atoms with Gasteiger partial charge in [0, 0.05) is 6.04 Å². The van der Waals surface area contributed by atoms with Crippen LogP contribution in [0.5, 0.6) is 11.5 Å². The second-order valence-corrected chi connectivity index (χ2v) is 5.58. The third-order valence-electron chi connectivity index (χ3n) is 3.99. The van der Waals surface area contributed by atoms with Crippen LogP contribution in [-0.2, 0) is 9.53 Å². The standard InChI is InChI=1S/C17H23NO5/c1-11(16(19)18-12-7-4-5-8-12)23-17(20)15-13(21-2)9-6-10-14(15)22-3/h6,9-12H,4-5,7-8H2,1-3H3,(H,18,19)/t11-/m1/s1. The van der Waals surface area contributed by atoms with E-state index in [9.17, 15) is 9.59 Å². The minimum Gasteiger partial charge on any atom is -0.496 e. The average molecular weight is 321 g/mol. The SMILES string of the molecule is COc1cccc(OC)c1C(=O)O[C@H](C)C(=O)NC1CCCC1. The highest BCUT2D eigenvalue weighted by Crippen LogP contribution is 2.29. The number of hydrogen-bond donors (Lipinski definition) is 1. The van der Waals surface area contributed by atoms with Crippen molar-refractivity contribution >= 4 is 11.9 Å². The third kappa shape index (κ3) is 4.15. The van der Waals surface area contributed by atoms with Gasteiger partial charge in [0.25, 0.3) is 5.91 Å². The molecule has 126 valence electrons. The van der Waals surface area contributed by atoms with Gasteiger partial charge in [0.2, 0.25) is 0 Å². The molecule has 0 saturated heterocycles. The molecule has 0 aliphatic heterocycles. The van der Waals surface area contributed by atoms with Gasteiger partial charge in [-0.15, -0.1) is 0 Å². The number of methoxy groups -OCH3 is 2. The Morgan fingerprint density at radius 2 is 1.70 bits per heavy atom.